The first-order valence-electron chi connectivity index (χ1n) is 12.4. The molecule has 1 amide bonds. The number of hydrogen-bond acceptors (Lipinski definition) is 4. The Morgan fingerprint density at radius 2 is 1.76 bits per heavy atom. The Balaban J connectivity index is 1.47. The lowest BCUT2D eigenvalue weighted by molar-refractivity contribution is -0.0504. The van der Waals surface area contributed by atoms with Crippen LogP contribution in [-0.2, 0) is 5.54 Å². The van der Waals surface area contributed by atoms with E-state index >= 15 is 0 Å². The van der Waals surface area contributed by atoms with E-state index in [9.17, 15) is 31.5 Å². The number of alkyl halides is 4. The van der Waals surface area contributed by atoms with Crippen molar-refractivity contribution in [2.45, 2.75) is 56.7 Å². The minimum absolute atomic E-state index is 0.0258. The summed E-state index contributed by atoms with van der Waals surface area (Å²) < 4.78 is 70.1. The van der Waals surface area contributed by atoms with Crippen LogP contribution in [0.25, 0.3) is 0 Å². The molecule has 1 saturated heterocycles. The molecule has 0 radical (unpaired) electrons. The number of hydrogen-bond donors (Lipinski definition) is 2. The van der Waals surface area contributed by atoms with Crippen molar-refractivity contribution in [3.8, 4) is 0 Å². The molecule has 2 aromatic rings. The van der Waals surface area contributed by atoms with Gasteiger partial charge in [0.2, 0.25) is 0 Å². The molecule has 3 aliphatic rings. The number of amides is 1. The first-order chi connectivity index (χ1) is 17.5. The first kappa shape index (κ1) is 25.7. The van der Waals surface area contributed by atoms with Gasteiger partial charge < -0.3 is 20.1 Å². The highest BCUT2D eigenvalue weighted by atomic mass is 19.3. The van der Waals surface area contributed by atoms with Crippen LogP contribution in [0.3, 0.4) is 0 Å². The van der Waals surface area contributed by atoms with Gasteiger partial charge in [-0.25, -0.2) is 22.0 Å². The molecule has 6 nitrogen and oxygen atoms in total. The van der Waals surface area contributed by atoms with Gasteiger partial charge in [0.1, 0.15) is 11.4 Å². The zero-order chi connectivity index (χ0) is 26.6. The summed E-state index contributed by atoms with van der Waals surface area (Å²) in [5, 5.41) is 5.86. The van der Waals surface area contributed by atoms with Crippen LogP contribution < -0.4 is 16.2 Å². The van der Waals surface area contributed by atoms with Gasteiger partial charge in [0.15, 0.2) is 0 Å². The minimum Gasteiger partial charge on any atom is -0.381 e. The average Bonchev–Trinajstić information content (AvgIpc) is 3.24. The number of fused-ring (bicyclic) bond motifs is 1. The number of nitrogens with zero attached hydrogens (tertiary/aromatic N) is 2. The lowest BCUT2D eigenvalue weighted by Crippen LogP contribution is -2.51. The third-order valence-corrected chi connectivity index (χ3v) is 8.21. The van der Waals surface area contributed by atoms with Crippen molar-refractivity contribution < 1.29 is 26.7 Å². The fraction of sp³-hybridized carbons (Fsp3) is 0.538. The average molecular weight is 525 g/mol. The zero-order valence-electron chi connectivity index (χ0n) is 20.5. The van der Waals surface area contributed by atoms with Crippen molar-refractivity contribution in [3.63, 3.8) is 0 Å². The molecule has 5 rings (SSSR count). The fourth-order valence-corrected chi connectivity index (χ4v) is 5.84. The molecule has 2 heterocycles. The van der Waals surface area contributed by atoms with Crippen molar-refractivity contribution in [3.05, 3.63) is 63.3 Å². The second kappa shape index (κ2) is 9.41. The first-order valence-corrected chi connectivity index (χ1v) is 12.4. The Morgan fingerprint density at radius 1 is 1.11 bits per heavy atom. The summed E-state index contributed by atoms with van der Waals surface area (Å²) in [7, 11) is 2.01. The van der Waals surface area contributed by atoms with E-state index in [0.717, 1.165) is 29.9 Å². The predicted octanol–water partition coefficient (Wildman–Crippen LogP) is 4.53. The molecule has 200 valence electrons. The van der Waals surface area contributed by atoms with Gasteiger partial charge in [0.05, 0.1) is 22.9 Å². The van der Waals surface area contributed by atoms with Crippen LogP contribution in [0, 0.1) is 17.7 Å². The molecular formula is C26H29F5N4O2. The normalized spacial score (nSPS) is 25.1. The van der Waals surface area contributed by atoms with Gasteiger partial charge >= 0.3 is 0 Å². The number of anilines is 1. The SMILES string of the molecule is C[C@@H](NC(=O)c1cn(C2(C(F)F)CCC2)c(=O)cc1N[C@H]1[C@@H]2CN(C)C[C@@H]21)c1cccc(C(F)F)c1F. The second-order valence-electron chi connectivity index (χ2n) is 10.5. The number of carbonyl (C=O) groups is 1. The molecule has 1 aromatic carbocycles. The topological polar surface area (TPSA) is 66.4 Å². The maximum atomic E-state index is 14.7. The van der Waals surface area contributed by atoms with Crippen LogP contribution in [0.5, 0.6) is 0 Å². The monoisotopic (exact) mass is 524 g/mol. The van der Waals surface area contributed by atoms with Gasteiger partial charge in [-0.3, -0.25) is 9.59 Å². The maximum absolute atomic E-state index is 14.7. The van der Waals surface area contributed by atoms with Gasteiger partial charge in [0.25, 0.3) is 24.3 Å². The summed E-state index contributed by atoms with van der Waals surface area (Å²) in [5.41, 5.74) is -3.01. The van der Waals surface area contributed by atoms with Crippen LogP contribution in [-0.4, -0.2) is 48.0 Å². The van der Waals surface area contributed by atoms with E-state index in [-0.39, 0.29) is 35.7 Å². The smallest absolute Gasteiger partial charge is 0.266 e. The predicted molar refractivity (Wildman–Crippen MR) is 128 cm³/mol. The van der Waals surface area contributed by atoms with Crippen molar-refractivity contribution in [1.82, 2.24) is 14.8 Å². The molecule has 37 heavy (non-hydrogen) atoms. The molecule has 0 bridgehead atoms. The number of aromatic nitrogens is 1. The largest absolute Gasteiger partial charge is 0.381 e. The van der Waals surface area contributed by atoms with E-state index in [1.54, 1.807) is 0 Å². The van der Waals surface area contributed by atoms with Crippen LogP contribution in [0.15, 0.2) is 35.3 Å². The van der Waals surface area contributed by atoms with Gasteiger partial charge in [-0.15, -0.1) is 0 Å². The zero-order valence-corrected chi connectivity index (χ0v) is 20.5. The third kappa shape index (κ3) is 4.41. The molecule has 1 aromatic heterocycles. The molecule has 4 atom stereocenters. The Labute approximate surface area is 210 Å². The lowest BCUT2D eigenvalue weighted by atomic mass is 9.76. The quantitative estimate of drug-likeness (QED) is 0.498. The lowest BCUT2D eigenvalue weighted by Gasteiger charge is -2.42. The number of nitrogens with one attached hydrogen (secondary N) is 2. The van der Waals surface area contributed by atoms with Gasteiger partial charge in [0, 0.05) is 37.0 Å². The molecule has 1 aliphatic heterocycles. The Morgan fingerprint density at radius 3 is 2.32 bits per heavy atom. The molecule has 0 unspecified atom stereocenters. The number of piperidine rings is 1. The van der Waals surface area contributed by atoms with E-state index in [2.05, 4.69) is 15.5 Å². The molecule has 2 N–H and O–H groups in total. The Hall–Kier alpha value is -2.95. The van der Waals surface area contributed by atoms with Crippen LogP contribution >= 0.6 is 0 Å². The highest BCUT2D eigenvalue weighted by Crippen LogP contribution is 2.47. The van der Waals surface area contributed by atoms with Crippen LogP contribution in [0.4, 0.5) is 27.6 Å². The number of carbonyl (C=O) groups excluding carboxylic acids is 1. The van der Waals surface area contributed by atoms with E-state index in [1.807, 2.05) is 7.05 Å². The van der Waals surface area contributed by atoms with Crippen molar-refractivity contribution in [2.24, 2.45) is 11.8 Å². The van der Waals surface area contributed by atoms with Gasteiger partial charge in [-0.05, 0) is 45.1 Å². The number of likely N-dealkylation sites (tertiary alicyclic amines) is 1. The maximum Gasteiger partial charge on any atom is 0.266 e. The van der Waals surface area contributed by atoms with Crippen LogP contribution in [0.1, 0.15) is 60.1 Å². The van der Waals surface area contributed by atoms with Crippen molar-refractivity contribution in [2.75, 3.05) is 25.5 Å². The van der Waals surface area contributed by atoms with Crippen molar-refractivity contribution in [1.29, 1.82) is 0 Å². The molecule has 11 heteroatoms. The summed E-state index contributed by atoms with van der Waals surface area (Å²) in [6.07, 6.45) is -3.90. The van der Waals surface area contributed by atoms with E-state index in [4.69, 9.17) is 0 Å². The number of pyridine rings is 1. The summed E-state index contributed by atoms with van der Waals surface area (Å²) in [6, 6.07) is 3.78. The van der Waals surface area contributed by atoms with E-state index in [1.165, 1.54) is 25.1 Å². The van der Waals surface area contributed by atoms with Crippen LogP contribution in [0.2, 0.25) is 0 Å². The molecule has 0 spiro atoms. The molecule has 2 saturated carbocycles. The summed E-state index contributed by atoms with van der Waals surface area (Å²) in [4.78, 5) is 28.6. The molecule has 2 aliphatic carbocycles. The summed E-state index contributed by atoms with van der Waals surface area (Å²) in [6.45, 7) is 3.18. The van der Waals surface area contributed by atoms with Gasteiger partial charge in [-0.1, -0.05) is 18.2 Å². The highest BCUT2D eigenvalue weighted by molar-refractivity contribution is 5.99. The van der Waals surface area contributed by atoms with Gasteiger partial charge in [-0.2, -0.15) is 0 Å². The summed E-state index contributed by atoms with van der Waals surface area (Å²) >= 11 is 0. The fourth-order valence-electron chi connectivity index (χ4n) is 5.84. The van der Waals surface area contributed by atoms with E-state index in [0.29, 0.717) is 18.3 Å². The number of halogens is 5. The number of benzene rings is 1. The molecule has 3 fully saturated rings. The van der Waals surface area contributed by atoms with Crippen molar-refractivity contribution >= 4 is 11.6 Å². The summed E-state index contributed by atoms with van der Waals surface area (Å²) in [5.74, 6) is -1.13. The third-order valence-electron chi connectivity index (χ3n) is 8.21. The Bertz CT molecular complexity index is 1250. The standard InChI is InChI=1S/C26H29F5N4O2/c1-13(14-5-3-6-15(21(14)27)23(28)29)32-24(37)18-12-35(26(25(30)31)7-4-8-26)20(36)9-19(18)33-22-16-10-34(2)11-17(16)22/h3,5-6,9,12-13,16-17,22-23,25,33H,4,7-8,10-11H2,1-2H3,(H,32,37)/t13-,16-,17+,22+/m1/s1. The molecular weight excluding hydrogens is 495 g/mol. The second-order valence-corrected chi connectivity index (χ2v) is 10.5. The number of rotatable bonds is 8. The Kier molecular flexibility index (Phi) is 6.54. The van der Waals surface area contributed by atoms with E-state index < -0.39 is 47.3 Å². The minimum atomic E-state index is -3.02. The highest BCUT2D eigenvalue weighted by Gasteiger charge is 2.55.